The molecule has 4 heterocycles. The van der Waals surface area contributed by atoms with Crippen LogP contribution in [-0.4, -0.2) is 43.7 Å². The number of benzene rings is 4. The van der Waals surface area contributed by atoms with Crippen molar-refractivity contribution in [3.63, 3.8) is 0 Å². The highest BCUT2D eigenvalue weighted by Gasteiger charge is 2.29. The monoisotopic (exact) mass is 621 g/mol. The highest BCUT2D eigenvalue weighted by atomic mass is 16.2. The van der Waals surface area contributed by atoms with E-state index in [4.69, 9.17) is 10.2 Å². The lowest BCUT2D eigenvalue weighted by Gasteiger charge is -2.26. The molecule has 0 radical (unpaired) electrons. The Morgan fingerprint density at radius 2 is 1.40 bits per heavy atom. The highest BCUT2D eigenvalue weighted by Crippen LogP contribution is 2.28. The highest BCUT2D eigenvalue weighted by molar-refractivity contribution is 5.86. The van der Waals surface area contributed by atoms with Gasteiger partial charge < -0.3 is 25.2 Å². The molecule has 1 atom stereocenters. The van der Waals surface area contributed by atoms with Crippen LogP contribution in [0.15, 0.2) is 103 Å². The van der Waals surface area contributed by atoms with E-state index in [0.29, 0.717) is 13.0 Å². The van der Waals surface area contributed by atoms with Gasteiger partial charge in [-0.05, 0) is 71.9 Å². The first-order valence-corrected chi connectivity index (χ1v) is 16.7. The van der Waals surface area contributed by atoms with Gasteiger partial charge in [-0.15, -0.1) is 10.2 Å². The third-order valence-electron chi connectivity index (χ3n) is 9.79. The quantitative estimate of drug-likeness (QED) is 0.138. The number of hydrogen-bond donors (Lipinski definition) is 4. The zero-order chi connectivity index (χ0) is 31.6. The predicted molar refractivity (Wildman–Crippen MR) is 187 cm³/mol. The predicted octanol–water partition coefficient (Wildman–Crippen LogP) is 6.63. The number of aryl methyl sites for hydroxylation is 2. The average molecular weight is 622 g/mol. The standard InChI is InChI=1S/C39H39N7O/c47-39(27-18-20-40-21-19-27)43-36(22-30-24-42-35-15-6-4-13-33(30)35)38-45-44-37(17-16-28-23-41-34-14-5-3-12-32(28)34)46(38)25-29-10-7-9-26-8-1-2-11-31(26)29/h1-15,23-24,27,36,40-42H,16-22,25H2,(H,43,47). The van der Waals surface area contributed by atoms with Crippen LogP contribution >= 0.6 is 0 Å². The van der Waals surface area contributed by atoms with Crippen molar-refractivity contribution in [1.29, 1.82) is 0 Å². The minimum Gasteiger partial charge on any atom is -0.361 e. The lowest BCUT2D eigenvalue weighted by Crippen LogP contribution is -2.41. The molecule has 3 aromatic heterocycles. The van der Waals surface area contributed by atoms with E-state index < -0.39 is 0 Å². The van der Waals surface area contributed by atoms with E-state index in [0.717, 1.165) is 72.4 Å². The molecule has 1 saturated heterocycles. The van der Waals surface area contributed by atoms with Crippen molar-refractivity contribution in [2.45, 2.75) is 44.7 Å². The summed E-state index contributed by atoms with van der Waals surface area (Å²) in [5, 5.41) is 21.4. The van der Waals surface area contributed by atoms with Crippen LogP contribution in [0.3, 0.4) is 0 Å². The maximum Gasteiger partial charge on any atom is 0.223 e. The van der Waals surface area contributed by atoms with Crippen LogP contribution in [0.5, 0.6) is 0 Å². The zero-order valence-electron chi connectivity index (χ0n) is 26.4. The number of rotatable bonds is 10. The number of aromatic amines is 2. The Balaban J connectivity index is 1.19. The normalized spacial score (nSPS) is 14.6. The Kier molecular flexibility index (Phi) is 8.01. The van der Waals surface area contributed by atoms with Crippen LogP contribution in [-0.2, 0) is 30.6 Å². The van der Waals surface area contributed by atoms with Gasteiger partial charge in [-0.2, -0.15) is 0 Å². The summed E-state index contributed by atoms with van der Waals surface area (Å²) in [6, 6.07) is 31.4. The minimum absolute atomic E-state index is 0.0162. The van der Waals surface area contributed by atoms with Crippen molar-refractivity contribution in [2.24, 2.45) is 5.92 Å². The second-order valence-electron chi connectivity index (χ2n) is 12.7. The van der Waals surface area contributed by atoms with Crippen molar-refractivity contribution >= 4 is 38.5 Å². The number of nitrogens with zero attached hydrogens (tertiary/aromatic N) is 3. The number of nitrogens with one attached hydrogen (secondary N) is 4. The van der Waals surface area contributed by atoms with Crippen LogP contribution in [0.4, 0.5) is 0 Å². The third kappa shape index (κ3) is 5.92. The first kappa shape index (κ1) is 29.2. The minimum atomic E-state index is -0.346. The summed E-state index contributed by atoms with van der Waals surface area (Å²) in [6.07, 6.45) is 8.01. The fraction of sp³-hybridized carbons (Fsp3) is 0.256. The first-order valence-electron chi connectivity index (χ1n) is 16.7. The van der Waals surface area contributed by atoms with Gasteiger partial charge in [0.05, 0.1) is 12.6 Å². The molecule has 0 saturated carbocycles. The van der Waals surface area contributed by atoms with Gasteiger partial charge >= 0.3 is 0 Å². The van der Waals surface area contributed by atoms with Gasteiger partial charge in [0.25, 0.3) is 0 Å². The maximum atomic E-state index is 13.8. The van der Waals surface area contributed by atoms with E-state index in [9.17, 15) is 4.79 Å². The van der Waals surface area contributed by atoms with E-state index >= 15 is 0 Å². The summed E-state index contributed by atoms with van der Waals surface area (Å²) in [6.45, 7) is 2.33. The van der Waals surface area contributed by atoms with Crippen molar-refractivity contribution in [2.75, 3.05) is 13.1 Å². The molecule has 0 bridgehead atoms. The van der Waals surface area contributed by atoms with Crippen LogP contribution in [0, 0.1) is 5.92 Å². The Morgan fingerprint density at radius 1 is 0.745 bits per heavy atom. The fourth-order valence-corrected chi connectivity index (χ4v) is 7.25. The number of carbonyl (C=O) groups excluding carboxylic acids is 1. The topological polar surface area (TPSA) is 103 Å². The molecular weight excluding hydrogens is 582 g/mol. The molecule has 7 aromatic rings. The van der Waals surface area contributed by atoms with Crippen molar-refractivity contribution in [3.8, 4) is 0 Å². The van der Waals surface area contributed by atoms with Gasteiger partial charge in [-0.3, -0.25) is 4.79 Å². The molecule has 1 aliphatic rings. The second kappa shape index (κ2) is 12.9. The second-order valence-corrected chi connectivity index (χ2v) is 12.7. The molecule has 8 heteroatoms. The van der Waals surface area contributed by atoms with E-state index in [1.54, 1.807) is 0 Å². The molecule has 1 unspecified atom stereocenters. The van der Waals surface area contributed by atoms with Gasteiger partial charge in [0.1, 0.15) is 5.82 Å². The Bertz CT molecular complexity index is 2160. The number of hydrogen-bond acceptors (Lipinski definition) is 4. The molecule has 47 heavy (non-hydrogen) atoms. The third-order valence-corrected chi connectivity index (χ3v) is 9.79. The zero-order valence-corrected chi connectivity index (χ0v) is 26.4. The largest absolute Gasteiger partial charge is 0.361 e. The Labute approximate surface area is 273 Å². The molecule has 8 nitrogen and oxygen atoms in total. The number of carbonyl (C=O) groups is 1. The molecule has 8 rings (SSSR count). The average Bonchev–Trinajstić information content (AvgIpc) is 3.85. The van der Waals surface area contributed by atoms with Gasteiger partial charge in [0.2, 0.25) is 5.91 Å². The number of piperidine rings is 1. The molecule has 4 aromatic carbocycles. The van der Waals surface area contributed by atoms with Gasteiger partial charge in [0, 0.05) is 53.0 Å². The molecule has 1 amide bonds. The first-order chi connectivity index (χ1) is 23.2. The van der Waals surface area contributed by atoms with E-state index in [-0.39, 0.29) is 17.9 Å². The number of H-pyrrole nitrogens is 2. The van der Waals surface area contributed by atoms with Crippen molar-refractivity contribution in [3.05, 3.63) is 132 Å². The molecule has 0 spiro atoms. The van der Waals surface area contributed by atoms with Crippen LogP contribution in [0.25, 0.3) is 32.6 Å². The Morgan fingerprint density at radius 3 is 2.19 bits per heavy atom. The molecule has 1 fully saturated rings. The lowest BCUT2D eigenvalue weighted by molar-refractivity contribution is -0.126. The SMILES string of the molecule is O=C(NC(Cc1c[nH]c2ccccc12)c1nnc(CCc2c[nH]c3ccccc23)n1Cc1cccc2ccccc12)C1CCNCC1. The summed E-state index contributed by atoms with van der Waals surface area (Å²) in [5.74, 6) is 1.78. The van der Waals surface area contributed by atoms with E-state index in [1.807, 2.05) is 6.07 Å². The molecular formula is C39H39N7O. The Hall–Kier alpha value is -5.21. The maximum absolute atomic E-state index is 13.8. The summed E-state index contributed by atoms with van der Waals surface area (Å²) in [4.78, 5) is 20.7. The van der Waals surface area contributed by atoms with Gasteiger partial charge in [-0.25, -0.2) is 0 Å². The van der Waals surface area contributed by atoms with Crippen LogP contribution in [0.2, 0.25) is 0 Å². The summed E-state index contributed by atoms with van der Waals surface area (Å²) in [7, 11) is 0. The lowest BCUT2D eigenvalue weighted by atomic mass is 9.96. The molecule has 1 aliphatic heterocycles. The summed E-state index contributed by atoms with van der Waals surface area (Å²) >= 11 is 0. The van der Waals surface area contributed by atoms with Crippen LogP contribution < -0.4 is 10.6 Å². The van der Waals surface area contributed by atoms with Crippen molar-refractivity contribution in [1.82, 2.24) is 35.4 Å². The van der Waals surface area contributed by atoms with E-state index in [1.165, 1.54) is 27.3 Å². The van der Waals surface area contributed by atoms with Crippen molar-refractivity contribution < 1.29 is 4.79 Å². The van der Waals surface area contributed by atoms with E-state index in [2.05, 4.69) is 122 Å². The smallest absolute Gasteiger partial charge is 0.223 e. The molecule has 4 N–H and O–H groups in total. The molecule has 0 aliphatic carbocycles. The van der Waals surface area contributed by atoms with Gasteiger partial charge in [-0.1, -0.05) is 78.9 Å². The number of para-hydroxylation sites is 2. The number of fused-ring (bicyclic) bond motifs is 3. The summed E-state index contributed by atoms with van der Waals surface area (Å²) < 4.78 is 2.26. The molecule has 236 valence electrons. The fourth-order valence-electron chi connectivity index (χ4n) is 7.25. The van der Waals surface area contributed by atoms with Gasteiger partial charge in [0.15, 0.2) is 5.82 Å². The van der Waals surface area contributed by atoms with Crippen LogP contribution in [0.1, 0.15) is 47.2 Å². The number of amides is 1. The summed E-state index contributed by atoms with van der Waals surface area (Å²) in [5.41, 5.74) is 5.84. The number of aromatic nitrogens is 5.